The Morgan fingerprint density at radius 3 is 2.76 bits per heavy atom. The number of hydrogen-bond acceptors (Lipinski definition) is 4. The third-order valence-electron chi connectivity index (χ3n) is 2.81. The summed E-state index contributed by atoms with van der Waals surface area (Å²) < 4.78 is 14.8. The average molecular weight is 242 g/mol. The smallest absolute Gasteiger partial charge is 0.328 e. The van der Waals surface area contributed by atoms with Gasteiger partial charge in [0.1, 0.15) is 5.83 Å². The van der Waals surface area contributed by atoms with Crippen molar-refractivity contribution in [2.24, 2.45) is 0 Å². The number of halogens is 1. The molecule has 0 fully saturated rings. The molecule has 3 N–H and O–H groups in total. The molecule has 6 nitrogen and oxygen atoms in total. The van der Waals surface area contributed by atoms with Gasteiger partial charge in [-0.25, -0.2) is 9.18 Å². The molecule has 2 rings (SSSR count). The third kappa shape index (κ3) is 1.94. The minimum absolute atomic E-state index is 0.0341. The Kier molecular flexibility index (Phi) is 2.95. The van der Waals surface area contributed by atoms with Gasteiger partial charge in [-0.2, -0.15) is 0 Å². The van der Waals surface area contributed by atoms with Crippen molar-refractivity contribution < 1.29 is 14.6 Å². The molecule has 1 heterocycles. The van der Waals surface area contributed by atoms with Crippen LogP contribution in [0.25, 0.3) is 0 Å². The highest BCUT2D eigenvalue weighted by Crippen LogP contribution is 2.35. The molecule has 0 saturated heterocycles. The highest BCUT2D eigenvalue weighted by atomic mass is 19.1. The van der Waals surface area contributed by atoms with Gasteiger partial charge in [-0.15, -0.1) is 0 Å². The van der Waals surface area contributed by atoms with Gasteiger partial charge < -0.3 is 10.2 Å². The minimum atomic E-state index is -1.11. The Bertz CT molecular complexity index is 574. The summed E-state index contributed by atoms with van der Waals surface area (Å²) in [6.45, 7) is -0.596. The van der Waals surface area contributed by atoms with Crippen molar-refractivity contribution in [1.29, 1.82) is 0 Å². The number of rotatable bonds is 2. The topological polar surface area (TPSA) is 95.3 Å². The number of aromatic amines is 1. The van der Waals surface area contributed by atoms with Crippen molar-refractivity contribution in [3.8, 4) is 0 Å². The fourth-order valence-corrected chi connectivity index (χ4v) is 1.92. The molecule has 0 aromatic carbocycles. The summed E-state index contributed by atoms with van der Waals surface area (Å²) in [5.41, 5.74) is -1.44. The number of nitrogens with zero attached hydrogens (tertiary/aromatic N) is 1. The quantitative estimate of drug-likeness (QED) is 0.623. The molecule has 0 saturated carbocycles. The zero-order valence-electron chi connectivity index (χ0n) is 8.76. The summed E-state index contributed by atoms with van der Waals surface area (Å²) in [6, 6.07) is 0.120. The lowest BCUT2D eigenvalue weighted by atomic mass is 10.2. The molecule has 1 aromatic heterocycles. The number of hydrogen-bond donors (Lipinski definition) is 3. The van der Waals surface area contributed by atoms with E-state index in [1.54, 1.807) is 0 Å². The highest BCUT2D eigenvalue weighted by molar-refractivity contribution is 5.24. The zero-order chi connectivity index (χ0) is 12.6. The molecule has 1 aliphatic rings. The van der Waals surface area contributed by atoms with Crippen molar-refractivity contribution >= 4 is 0 Å². The van der Waals surface area contributed by atoms with E-state index in [0.717, 1.165) is 10.6 Å². The average Bonchev–Trinajstić information content (AvgIpc) is 2.54. The normalized spacial score (nSPS) is 24.4. The van der Waals surface area contributed by atoms with Crippen LogP contribution in [-0.4, -0.2) is 32.5 Å². The van der Waals surface area contributed by atoms with Gasteiger partial charge in [0.15, 0.2) is 0 Å². The van der Waals surface area contributed by atoms with Crippen LogP contribution in [0.5, 0.6) is 0 Å². The van der Waals surface area contributed by atoms with Gasteiger partial charge in [0.25, 0.3) is 5.56 Å². The van der Waals surface area contributed by atoms with Crippen molar-refractivity contribution in [2.45, 2.75) is 18.6 Å². The lowest BCUT2D eigenvalue weighted by molar-refractivity contribution is 0.181. The zero-order valence-corrected chi connectivity index (χ0v) is 8.76. The van der Waals surface area contributed by atoms with Crippen LogP contribution in [0.1, 0.15) is 12.5 Å². The van der Waals surface area contributed by atoms with Crippen LogP contribution in [0.15, 0.2) is 33.3 Å². The summed E-state index contributed by atoms with van der Waals surface area (Å²) >= 11 is 0. The molecule has 0 radical (unpaired) electrons. The van der Waals surface area contributed by atoms with Crippen LogP contribution in [-0.2, 0) is 0 Å². The van der Waals surface area contributed by atoms with Crippen LogP contribution >= 0.6 is 0 Å². The number of aliphatic hydroxyl groups is 2. The van der Waals surface area contributed by atoms with E-state index < -0.39 is 35.8 Å². The lowest BCUT2D eigenvalue weighted by Gasteiger charge is -2.12. The molecule has 0 aliphatic heterocycles. The Balaban J connectivity index is 2.47. The molecular formula is C10H11FN2O4. The van der Waals surface area contributed by atoms with E-state index in [9.17, 15) is 19.1 Å². The van der Waals surface area contributed by atoms with Crippen molar-refractivity contribution in [2.75, 3.05) is 6.61 Å². The monoisotopic (exact) mass is 242 g/mol. The number of H-pyrrole nitrogens is 1. The van der Waals surface area contributed by atoms with Gasteiger partial charge >= 0.3 is 5.69 Å². The van der Waals surface area contributed by atoms with E-state index in [2.05, 4.69) is 0 Å². The highest BCUT2D eigenvalue weighted by Gasteiger charge is 2.34. The third-order valence-corrected chi connectivity index (χ3v) is 2.81. The van der Waals surface area contributed by atoms with E-state index in [1.165, 1.54) is 6.20 Å². The fourth-order valence-electron chi connectivity index (χ4n) is 1.92. The van der Waals surface area contributed by atoms with Crippen molar-refractivity contribution in [1.82, 2.24) is 9.55 Å². The lowest BCUT2D eigenvalue weighted by Crippen LogP contribution is -2.31. The molecular weight excluding hydrogens is 231 g/mol. The second kappa shape index (κ2) is 4.27. The molecule has 0 amide bonds. The van der Waals surface area contributed by atoms with Gasteiger partial charge in [-0.1, -0.05) is 0 Å². The molecule has 2 atom stereocenters. The predicted octanol–water partition coefficient (Wildman–Crippen LogP) is -0.942. The van der Waals surface area contributed by atoms with Gasteiger partial charge in [-0.05, 0) is 0 Å². The Morgan fingerprint density at radius 1 is 1.53 bits per heavy atom. The molecule has 0 spiro atoms. The summed E-state index contributed by atoms with van der Waals surface area (Å²) in [5.74, 6) is -0.728. The van der Waals surface area contributed by atoms with Gasteiger partial charge in [-0.3, -0.25) is 14.3 Å². The first-order valence-electron chi connectivity index (χ1n) is 5.03. The fraction of sp³-hybridized carbons (Fsp3) is 0.400. The second-order valence-electron chi connectivity index (χ2n) is 3.82. The number of allylic oxidation sites excluding steroid dienone is 1. The first kappa shape index (κ1) is 11.7. The van der Waals surface area contributed by atoms with E-state index in [-0.39, 0.29) is 12.0 Å². The van der Waals surface area contributed by atoms with E-state index in [0.29, 0.717) is 0 Å². The standard InChI is InChI=1S/C10H11FN2O4/c11-9-5(4-14)7(15)3-6(9)13-2-1-8(16)12-10(13)17/h1-2,6-7,14-15H,3-4H2,(H,12,16,17). The maximum Gasteiger partial charge on any atom is 0.328 e. The molecule has 92 valence electrons. The maximum atomic E-state index is 13.8. The first-order valence-corrected chi connectivity index (χ1v) is 5.03. The van der Waals surface area contributed by atoms with Gasteiger partial charge in [0, 0.05) is 24.3 Å². The van der Waals surface area contributed by atoms with Crippen molar-refractivity contribution in [3.05, 3.63) is 44.5 Å². The molecule has 7 heteroatoms. The number of aliphatic hydroxyl groups excluding tert-OH is 2. The number of aromatic nitrogens is 2. The largest absolute Gasteiger partial charge is 0.392 e. The summed E-state index contributed by atoms with van der Waals surface area (Å²) in [7, 11) is 0. The number of nitrogens with one attached hydrogen (secondary N) is 1. The summed E-state index contributed by atoms with van der Waals surface area (Å²) in [6.07, 6.45) is 0.0235. The van der Waals surface area contributed by atoms with E-state index in [4.69, 9.17) is 5.11 Å². The Hall–Kier alpha value is -1.73. The van der Waals surface area contributed by atoms with Crippen LogP contribution in [0.3, 0.4) is 0 Å². The first-order chi connectivity index (χ1) is 8.04. The van der Waals surface area contributed by atoms with Gasteiger partial charge in [0.05, 0.1) is 18.8 Å². The van der Waals surface area contributed by atoms with E-state index in [1.807, 2.05) is 4.98 Å². The molecule has 2 unspecified atom stereocenters. The maximum absolute atomic E-state index is 13.8. The Labute approximate surface area is 94.7 Å². The molecule has 0 bridgehead atoms. The van der Waals surface area contributed by atoms with Gasteiger partial charge in [0.2, 0.25) is 0 Å². The molecule has 1 aliphatic carbocycles. The molecule has 17 heavy (non-hydrogen) atoms. The summed E-state index contributed by atoms with van der Waals surface area (Å²) in [5, 5.41) is 18.4. The SMILES string of the molecule is O=c1ccn(C2CC(O)C(CO)=C2F)c(=O)[nH]1. The van der Waals surface area contributed by atoms with Crippen LogP contribution in [0.2, 0.25) is 0 Å². The minimum Gasteiger partial charge on any atom is -0.392 e. The predicted molar refractivity (Wildman–Crippen MR) is 56.2 cm³/mol. The van der Waals surface area contributed by atoms with Crippen LogP contribution in [0.4, 0.5) is 4.39 Å². The summed E-state index contributed by atoms with van der Waals surface area (Å²) in [4.78, 5) is 24.3. The van der Waals surface area contributed by atoms with Crippen molar-refractivity contribution in [3.63, 3.8) is 0 Å². The van der Waals surface area contributed by atoms with Crippen LogP contribution in [0, 0.1) is 0 Å². The molecule has 1 aromatic rings. The van der Waals surface area contributed by atoms with E-state index >= 15 is 0 Å². The van der Waals surface area contributed by atoms with Crippen LogP contribution < -0.4 is 11.2 Å². The Morgan fingerprint density at radius 2 is 2.24 bits per heavy atom. The second-order valence-corrected chi connectivity index (χ2v) is 3.82.